The van der Waals surface area contributed by atoms with Gasteiger partial charge in [-0.3, -0.25) is 0 Å². The van der Waals surface area contributed by atoms with Crippen LogP contribution in [0, 0.1) is 11.6 Å². The molecule has 1 atom stereocenters. The first-order valence-corrected chi connectivity index (χ1v) is 7.08. The Morgan fingerprint density at radius 1 is 1.00 bits per heavy atom. The molecule has 0 saturated heterocycles. The Morgan fingerprint density at radius 2 is 1.67 bits per heavy atom. The standard InChI is InChI=1S/C17H19F2NO/c1-3-20-17(16-13(18)9-7-10-14(16)19)12-8-5-6-11-15(12)21-4-2/h5-11,17,20H,3-4H2,1-2H3. The first-order chi connectivity index (χ1) is 10.2. The van der Waals surface area contributed by atoms with Gasteiger partial charge in [0.25, 0.3) is 0 Å². The first-order valence-electron chi connectivity index (χ1n) is 7.08. The first kappa shape index (κ1) is 15.4. The third kappa shape index (κ3) is 3.39. The van der Waals surface area contributed by atoms with Crippen LogP contribution in [-0.4, -0.2) is 13.2 Å². The minimum Gasteiger partial charge on any atom is -0.494 e. The van der Waals surface area contributed by atoms with Gasteiger partial charge in [-0.2, -0.15) is 0 Å². The predicted octanol–water partition coefficient (Wildman–Crippen LogP) is 4.06. The summed E-state index contributed by atoms with van der Waals surface area (Å²) in [5, 5.41) is 3.14. The van der Waals surface area contributed by atoms with Gasteiger partial charge in [0, 0.05) is 11.1 Å². The third-order valence-corrected chi connectivity index (χ3v) is 3.23. The quantitative estimate of drug-likeness (QED) is 0.866. The minimum atomic E-state index is -0.584. The van der Waals surface area contributed by atoms with Crippen LogP contribution < -0.4 is 10.1 Å². The lowest BCUT2D eigenvalue weighted by molar-refractivity contribution is 0.333. The van der Waals surface area contributed by atoms with E-state index in [1.165, 1.54) is 18.2 Å². The van der Waals surface area contributed by atoms with E-state index in [-0.39, 0.29) is 5.56 Å². The van der Waals surface area contributed by atoms with Crippen molar-refractivity contribution in [3.05, 3.63) is 65.2 Å². The van der Waals surface area contributed by atoms with Gasteiger partial charge in [-0.15, -0.1) is 0 Å². The maximum atomic E-state index is 14.1. The second kappa shape index (κ2) is 7.18. The molecule has 0 amide bonds. The van der Waals surface area contributed by atoms with Crippen LogP contribution in [0.5, 0.6) is 5.75 Å². The van der Waals surface area contributed by atoms with Crippen molar-refractivity contribution >= 4 is 0 Å². The molecule has 0 aliphatic heterocycles. The third-order valence-electron chi connectivity index (χ3n) is 3.23. The molecule has 1 unspecified atom stereocenters. The highest BCUT2D eigenvalue weighted by atomic mass is 19.1. The highest BCUT2D eigenvalue weighted by molar-refractivity contribution is 5.42. The summed E-state index contributed by atoms with van der Waals surface area (Å²) < 4.78 is 33.8. The van der Waals surface area contributed by atoms with Gasteiger partial charge in [0.1, 0.15) is 17.4 Å². The Labute approximate surface area is 123 Å². The van der Waals surface area contributed by atoms with Crippen LogP contribution in [0.2, 0.25) is 0 Å². The van der Waals surface area contributed by atoms with E-state index in [1.54, 1.807) is 0 Å². The summed E-state index contributed by atoms with van der Waals surface area (Å²) in [6, 6.07) is 10.6. The van der Waals surface area contributed by atoms with Gasteiger partial charge in [0.05, 0.1) is 12.6 Å². The fourth-order valence-corrected chi connectivity index (χ4v) is 2.36. The summed E-state index contributed by atoms with van der Waals surface area (Å²) in [6.07, 6.45) is 0. The SMILES string of the molecule is CCNC(c1ccccc1OCC)c1c(F)cccc1F. The highest BCUT2D eigenvalue weighted by Crippen LogP contribution is 2.32. The lowest BCUT2D eigenvalue weighted by Crippen LogP contribution is -2.24. The van der Waals surface area contributed by atoms with E-state index in [2.05, 4.69) is 5.32 Å². The van der Waals surface area contributed by atoms with Crippen molar-refractivity contribution in [2.24, 2.45) is 0 Å². The molecule has 0 radical (unpaired) electrons. The second-order valence-corrected chi connectivity index (χ2v) is 4.60. The van der Waals surface area contributed by atoms with Crippen molar-refractivity contribution < 1.29 is 13.5 Å². The molecule has 0 aliphatic rings. The molecule has 0 spiro atoms. The molecule has 4 heteroatoms. The molecule has 21 heavy (non-hydrogen) atoms. The van der Waals surface area contributed by atoms with Crippen LogP contribution in [-0.2, 0) is 0 Å². The number of benzene rings is 2. The Morgan fingerprint density at radius 3 is 2.29 bits per heavy atom. The molecule has 0 heterocycles. The maximum Gasteiger partial charge on any atom is 0.131 e. The molecule has 0 bridgehead atoms. The topological polar surface area (TPSA) is 21.3 Å². The number of ether oxygens (including phenoxy) is 1. The van der Waals surface area contributed by atoms with Crippen LogP contribution in [0.1, 0.15) is 31.0 Å². The van der Waals surface area contributed by atoms with Gasteiger partial charge in [-0.1, -0.05) is 31.2 Å². The number of para-hydroxylation sites is 1. The van der Waals surface area contributed by atoms with E-state index >= 15 is 0 Å². The average Bonchev–Trinajstić information content (AvgIpc) is 2.47. The number of hydrogen-bond donors (Lipinski definition) is 1. The van der Waals surface area contributed by atoms with E-state index < -0.39 is 17.7 Å². The van der Waals surface area contributed by atoms with Gasteiger partial charge in [-0.25, -0.2) is 8.78 Å². The smallest absolute Gasteiger partial charge is 0.131 e. The molecule has 0 fully saturated rings. The zero-order valence-corrected chi connectivity index (χ0v) is 12.2. The summed E-state index contributed by atoms with van der Waals surface area (Å²) >= 11 is 0. The molecule has 2 aromatic rings. The molecular formula is C17H19F2NO. The zero-order valence-electron chi connectivity index (χ0n) is 12.2. The van der Waals surface area contributed by atoms with E-state index in [4.69, 9.17) is 4.74 Å². The van der Waals surface area contributed by atoms with Gasteiger partial charge in [0.2, 0.25) is 0 Å². The van der Waals surface area contributed by atoms with E-state index in [1.807, 2.05) is 38.1 Å². The zero-order chi connectivity index (χ0) is 15.2. The fourth-order valence-electron chi connectivity index (χ4n) is 2.36. The summed E-state index contributed by atoms with van der Waals surface area (Å²) in [6.45, 7) is 4.85. The van der Waals surface area contributed by atoms with Crippen molar-refractivity contribution in [2.75, 3.05) is 13.2 Å². The van der Waals surface area contributed by atoms with Crippen molar-refractivity contribution in [1.29, 1.82) is 0 Å². The molecular weight excluding hydrogens is 272 g/mol. The Bertz CT molecular complexity index is 581. The predicted molar refractivity (Wildman–Crippen MR) is 79.5 cm³/mol. The molecule has 2 aromatic carbocycles. The number of nitrogens with one attached hydrogen (secondary N) is 1. The molecule has 0 aromatic heterocycles. The Balaban J connectivity index is 2.54. The molecule has 2 nitrogen and oxygen atoms in total. The summed E-state index contributed by atoms with van der Waals surface area (Å²) in [5.74, 6) is -0.492. The van der Waals surface area contributed by atoms with Crippen LogP contribution in [0.15, 0.2) is 42.5 Å². The summed E-state index contributed by atoms with van der Waals surface area (Å²) in [7, 11) is 0. The van der Waals surface area contributed by atoms with Crippen LogP contribution >= 0.6 is 0 Å². The number of rotatable bonds is 6. The average molecular weight is 291 g/mol. The van der Waals surface area contributed by atoms with Gasteiger partial charge >= 0.3 is 0 Å². The minimum absolute atomic E-state index is 0.0199. The van der Waals surface area contributed by atoms with Crippen LogP contribution in [0.3, 0.4) is 0 Å². The maximum absolute atomic E-state index is 14.1. The van der Waals surface area contributed by atoms with E-state index in [9.17, 15) is 8.78 Å². The molecule has 0 saturated carbocycles. The van der Waals surface area contributed by atoms with Crippen LogP contribution in [0.4, 0.5) is 8.78 Å². The largest absolute Gasteiger partial charge is 0.494 e. The van der Waals surface area contributed by atoms with Gasteiger partial charge < -0.3 is 10.1 Å². The van der Waals surface area contributed by atoms with Crippen molar-refractivity contribution in [1.82, 2.24) is 5.32 Å². The lowest BCUT2D eigenvalue weighted by Gasteiger charge is -2.22. The summed E-state index contributed by atoms with van der Waals surface area (Å²) in [4.78, 5) is 0. The van der Waals surface area contributed by atoms with E-state index in [0.717, 1.165) is 5.56 Å². The summed E-state index contributed by atoms with van der Waals surface area (Å²) in [5.41, 5.74) is 0.747. The van der Waals surface area contributed by atoms with Gasteiger partial charge in [0.15, 0.2) is 0 Å². The fraction of sp³-hybridized carbons (Fsp3) is 0.294. The molecule has 112 valence electrons. The van der Waals surface area contributed by atoms with Crippen molar-refractivity contribution in [3.63, 3.8) is 0 Å². The van der Waals surface area contributed by atoms with Crippen molar-refractivity contribution in [3.8, 4) is 5.75 Å². The Hall–Kier alpha value is -1.94. The second-order valence-electron chi connectivity index (χ2n) is 4.60. The molecule has 2 rings (SSSR count). The number of hydrogen-bond acceptors (Lipinski definition) is 2. The molecule has 1 N–H and O–H groups in total. The van der Waals surface area contributed by atoms with Crippen molar-refractivity contribution in [2.45, 2.75) is 19.9 Å². The number of halogens is 2. The van der Waals surface area contributed by atoms with E-state index in [0.29, 0.717) is 18.9 Å². The van der Waals surface area contributed by atoms with Gasteiger partial charge in [-0.05, 0) is 31.7 Å². The monoisotopic (exact) mass is 291 g/mol. The Kier molecular flexibility index (Phi) is 5.28. The molecule has 0 aliphatic carbocycles. The normalized spacial score (nSPS) is 12.2. The van der Waals surface area contributed by atoms with Crippen LogP contribution in [0.25, 0.3) is 0 Å². The lowest BCUT2D eigenvalue weighted by atomic mass is 9.96. The highest BCUT2D eigenvalue weighted by Gasteiger charge is 2.23.